The molecule has 4 rings (SSSR count). The third-order valence-corrected chi connectivity index (χ3v) is 5.42. The first-order chi connectivity index (χ1) is 12.6. The van der Waals surface area contributed by atoms with Crippen molar-refractivity contribution in [1.82, 2.24) is 9.55 Å². The molecule has 26 heavy (non-hydrogen) atoms. The summed E-state index contributed by atoms with van der Waals surface area (Å²) in [4.78, 5) is 17.2. The molecule has 0 unspecified atom stereocenters. The number of carbonyl (C=O) groups excluding carboxylic acids is 1. The first-order valence-corrected chi connectivity index (χ1v) is 9.35. The van der Waals surface area contributed by atoms with Gasteiger partial charge in [0.25, 0.3) is 5.91 Å². The highest BCUT2D eigenvalue weighted by molar-refractivity contribution is 7.22. The third-order valence-electron chi connectivity index (χ3n) is 4.16. The number of amides is 1. The van der Waals surface area contributed by atoms with Gasteiger partial charge >= 0.3 is 0 Å². The fourth-order valence-electron chi connectivity index (χ4n) is 2.92. The molecule has 2 aromatic carbocycles. The van der Waals surface area contributed by atoms with E-state index in [0.29, 0.717) is 22.5 Å². The first kappa shape index (κ1) is 16.9. The van der Waals surface area contributed by atoms with Crippen molar-refractivity contribution < 1.29 is 9.53 Å². The van der Waals surface area contributed by atoms with Crippen LogP contribution in [0.25, 0.3) is 21.1 Å². The Morgan fingerprint density at radius 3 is 2.92 bits per heavy atom. The fraction of sp³-hybridized carbons (Fsp3) is 0.158. The Morgan fingerprint density at radius 1 is 1.31 bits per heavy atom. The van der Waals surface area contributed by atoms with Gasteiger partial charge in [0.1, 0.15) is 11.4 Å². The number of hydrogen-bond donors (Lipinski definition) is 1. The summed E-state index contributed by atoms with van der Waals surface area (Å²) in [5.41, 5.74) is 2.27. The number of aryl methyl sites for hydroxylation is 1. The number of fused-ring (bicyclic) bond motifs is 2. The zero-order valence-corrected chi connectivity index (χ0v) is 15.8. The van der Waals surface area contributed by atoms with Crippen LogP contribution in [0.3, 0.4) is 0 Å². The number of benzene rings is 2. The van der Waals surface area contributed by atoms with Gasteiger partial charge in [-0.2, -0.15) is 0 Å². The van der Waals surface area contributed by atoms with E-state index < -0.39 is 0 Å². The molecule has 2 heterocycles. The minimum atomic E-state index is -0.219. The van der Waals surface area contributed by atoms with Crippen LogP contribution in [0.5, 0.6) is 5.75 Å². The summed E-state index contributed by atoms with van der Waals surface area (Å²) in [6, 6.07) is 13.1. The number of rotatable bonds is 4. The summed E-state index contributed by atoms with van der Waals surface area (Å²) in [7, 11) is 1.85. The summed E-state index contributed by atoms with van der Waals surface area (Å²) in [5, 5.41) is 4.91. The van der Waals surface area contributed by atoms with Gasteiger partial charge in [-0.25, -0.2) is 4.98 Å². The van der Waals surface area contributed by atoms with Gasteiger partial charge in [-0.15, -0.1) is 0 Å². The van der Waals surface area contributed by atoms with Crippen LogP contribution in [0.2, 0.25) is 5.02 Å². The van der Waals surface area contributed by atoms with Crippen molar-refractivity contribution in [3.05, 3.63) is 53.2 Å². The van der Waals surface area contributed by atoms with Gasteiger partial charge in [-0.3, -0.25) is 10.1 Å². The molecule has 0 aliphatic heterocycles. The minimum Gasteiger partial charge on any atom is -0.494 e. The van der Waals surface area contributed by atoms with Crippen LogP contribution >= 0.6 is 22.9 Å². The zero-order valence-electron chi connectivity index (χ0n) is 14.2. The van der Waals surface area contributed by atoms with E-state index in [2.05, 4.69) is 10.3 Å². The van der Waals surface area contributed by atoms with Gasteiger partial charge in [0.05, 0.1) is 16.8 Å². The summed E-state index contributed by atoms with van der Waals surface area (Å²) in [6.45, 7) is 2.55. The zero-order chi connectivity index (χ0) is 18.3. The number of ether oxygens (including phenoxy) is 1. The number of anilines is 1. The Bertz CT molecular complexity index is 1130. The van der Waals surface area contributed by atoms with Gasteiger partial charge in [-0.05, 0) is 43.3 Å². The second-order valence-corrected chi connectivity index (χ2v) is 7.23. The molecular weight excluding hydrogens is 370 g/mol. The molecule has 0 spiro atoms. The Hall–Kier alpha value is -2.57. The van der Waals surface area contributed by atoms with Crippen LogP contribution < -0.4 is 10.1 Å². The summed E-state index contributed by atoms with van der Waals surface area (Å²) >= 11 is 7.65. The maximum Gasteiger partial charge on any atom is 0.274 e. The molecule has 4 aromatic rings. The first-order valence-electron chi connectivity index (χ1n) is 8.15. The van der Waals surface area contributed by atoms with E-state index in [-0.39, 0.29) is 5.91 Å². The lowest BCUT2D eigenvalue weighted by Crippen LogP contribution is -2.15. The lowest BCUT2D eigenvalue weighted by atomic mass is 10.2. The number of aromatic nitrogens is 2. The largest absolute Gasteiger partial charge is 0.494 e. The number of thiazole rings is 1. The SMILES string of the molecule is CCOc1ccc2nc(NC(=O)c3cc4c(Cl)cccc4n3C)sc2c1. The highest BCUT2D eigenvalue weighted by atomic mass is 35.5. The molecular formula is C19H16ClN3O2S. The van der Waals surface area contributed by atoms with Gasteiger partial charge in [0, 0.05) is 23.0 Å². The van der Waals surface area contributed by atoms with Crippen molar-refractivity contribution in [3.8, 4) is 5.75 Å². The molecule has 5 nitrogen and oxygen atoms in total. The van der Waals surface area contributed by atoms with Crippen molar-refractivity contribution in [1.29, 1.82) is 0 Å². The van der Waals surface area contributed by atoms with Crippen LogP contribution in [0.1, 0.15) is 17.4 Å². The average molecular weight is 386 g/mol. The molecule has 0 radical (unpaired) electrons. The van der Waals surface area contributed by atoms with E-state index in [1.54, 1.807) is 6.07 Å². The van der Waals surface area contributed by atoms with Crippen LogP contribution in [-0.2, 0) is 7.05 Å². The van der Waals surface area contributed by atoms with Crippen molar-refractivity contribution in [3.63, 3.8) is 0 Å². The Labute approximate surface area is 159 Å². The molecule has 0 atom stereocenters. The lowest BCUT2D eigenvalue weighted by Gasteiger charge is -2.03. The molecule has 1 N–H and O–H groups in total. The van der Waals surface area contributed by atoms with Crippen LogP contribution in [-0.4, -0.2) is 22.1 Å². The second-order valence-electron chi connectivity index (χ2n) is 5.80. The molecule has 0 saturated carbocycles. The predicted octanol–water partition coefficient (Wildman–Crippen LogP) is 5.09. The highest BCUT2D eigenvalue weighted by Gasteiger charge is 2.16. The van der Waals surface area contributed by atoms with Crippen molar-refractivity contribution >= 4 is 55.1 Å². The topological polar surface area (TPSA) is 56.1 Å². The van der Waals surface area contributed by atoms with E-state index in [0.717, 1.165) is 26.9 Å². The van der Waals surface area contributed by atoms with E-state index in [9.17, 15) is 4.79 Å². The maximum atomic E-state index is 12.7. The monoisotopic (exact) mass is 385 g/mol. The summed E-state index contributed by atoms with van der Waals surface area (Å²) in [5.74, 6) is 0.578. The Morgan fingerprint density at radius 2 is 2.15 bits per heavy atom. The molecule has 0 aliphatic carbocycles. The van der Waals surface area contributed by atoms with Gasteiger partial charge < -0.3 is 9.30 Å². The number of carbonyl (C=O) groups is 1. The van der Waals surface area contributed by atoms with E-state index in [1.807, 2.05) is 54.9 Å². The maximum absolute atomic E-state index is 12.7. The van der Waals surface area contributed by atoms with Gasteiger partial charge in [-0.1, -0.05) is 29.0 Å². The molecule has 7 heteroatoms. The smallest absolute Gasteiger partial charge is 0.274 e. The van der Waals surface area contributed by atoms with Crippen LogP contribution in [0.15, 0.2) is 42.5 Å². The molecule has 2 aromatic heterocycles. The minimum absolute atomic E-state index is 0.219. The normalized spacial score (nSPS) is 11.2. The van der Waals surface area contributed by atoms with Crippen molar-refractivity contribution in [2.24, 2.45) is 7.05 Å². The highest BCUT2D eigenvalue weighted by Crippen LogP contribution is 2.30. The van der Waals surface area contributed by atoms with E-state index in [1.165, 1.54) is 11.3 Å². The van der Waals surface area contributed by atoms with E-state index >= 15 is 0 Å². The molecule has 132 valence electrons. The standard InChI is InChI=1S/C19H16ClN3O2S/c1-3-25-11-7-8-14-17(9-11)26-19(21-14)22-18(24)16-10-12-13(20)5-4-6-15(12)23(16)2/h4-10H,3H2,1-2H3,(H,21,22,24). The van der Waals surface area contributed by atoms with Crippen molar-refractivity contribution in [2.45, 2.75) is 6.92 Å². The van der Waals surface area contributed by atoms with E-state index in [4.69, 9.17) is 16.3 Å². The number of hydrogen-bond acceptors (Lipinski definition) is 4. The summed E-state index contributed by atoms with van der Waals surface area (Å²) < 4.78 is 8.30. The second kappa shape index (κ2) is 6.63. The predicted molar refractivity (Wildman–Crippen MR) is 107 cm³/mol. The summed E-state index contributed by atoms with van der Waals surface area (Å²) in [6.07, 6.45) is 0. The Kier molecular flexibility index (Phi) is 4.30. The number of halogens is 1. The molecule has 1 amide bonds. The fourth-order valence-corrected chi connectivity index (χ4v) is 4.03. The number of nitrogens with one attached hydrogen (secondary N) is 1. The molecule has 0 aliphatic rings. The van der Waals surface area contributed by atoms with Crippen LogP contribution in [0.4, 0.5) is 5.13 Å². The van der Waals surface area contributed by atoms with Crippen molar-refractivity contribution in [2.75, 3.05) is 11.9 Å². The average Bonchev–Trinajstić information content (AvgIpc) is 3.16. The Balaban J connectivity index is 1.65. The van der Waals surface area contributed by atoms with Gasteiger partial charge in [0.15, 0.2) is 5.13 Å². The number of nitrogens with zero attached hydrogens (tertiary/aromatic N) is 2. The third kappa shape index (κ3) is 2.91. The molecule has 0 bridgehead atoms. The lowest BCUT2D eigenvalue weighted by molar-refractivity contribution is 0.102. The van der Waals surface area contributed by atoms with Crippen LogP contribution in [0, 0.1) is 0 Å². The van der Waals surface area contributed by atoms with Gasteiger partial charge in [0.2, 0.25) is 0 Å². The molecule has 0 saturated heterocycles. The molecule has 0 fully saturated rings. The quantitative estimate of drug-likeness (QED) is 0.532.